The highest BCUT2D eigenvalue weighted by Gasteiger charge is 2.13. The molecule has 31 heavy (non-hydrogen) atoms. The zero-order valence-corrected chi connectivity index (χ0v) is 20.9. The Morgan fingerprint density at radius 3 is 2.29 bits per heavy atom. The molecule has 0 aliphatic rings. The zero-order valence-electron chi connectivity index (χ0n) is 18.6. The third-order valence-electron chi connectivity index (χ3n) is 5.41. The van der Waals surface area contributed by atoms with Gasteiger partial charge in [-0.15, -0.1) is 24.0 Å². The van der Waals surface area contributed by atoms with Gasteiger partial charge >= 0.3 is 0 Å². The average Bonchev–Trinajstić information content (AvgIpc) is 3.11. The molecule has 1 heterocycles. The summed E-state index contributed by atoms with van der Waals surface area (Å²) in [5.74, 6) is 2.12. The number of benzene rings is 2. The van der Waals surface area contributed by atoms with Gasteiger partial charge in [0.2, 0.25) is 0 Å². The van der Waals surface area contributed by atoms with Gasteiger partial charge in [0.25, 0.3) is 0 Å². The van der Waals surface area contributed by atoms with E-state index in [-0.39, 0.29) is 24.0 Å². The van der Waals surface area contributed by atoms with E-state index in [9.17, 15) is 0 Å². The molecule has 3 rings (SSSR count). The van der Waals surface area contributed by atoms with E-state index in [1.807, 2.05) is 20.9 Å². The molecule has 0 aliphatic carbocycles. The number of halogens is 1. The quantitative estimate of drug-likeness (QED) is 0.176. The number of rotatable bonds is 9. The van der Waals surface area contributed by atoms with Crippen molar-refractivity contribution in [1.29, 1.82) is 0 Å². The maximum atomic E-state index is 5.24. The van der Waals surface area contributed by atoms with Crippen molar-refractivity contribution in [2.24, 2.45) is 4.99 Å². The van der Waals surface area contributed by atoms with Gasteiger partial charge in [0.1, 0.15) is 5.76 Å². The highest BCUT2D eigenvalue weighted by molar-refractivity contribution is 14.0. The molecule has 1 unspecified atom stereocenters. The molecule has 0 bridgehead atoms. The van der Waals surface area contributed by atoms with Crippen LogP contribution in [0.2, 0.25) is 0 Å². The molecular formula is C25H33IN4O. The van der Waals surface area contributed by atoms with Crippen LogP contribution in [0.5, 0.6) is 0 Å². The molecule has 1 aromatic heterocycles. The number of hydrogen-bond acceptors (Lipinski definition) is 3. The van der Waals surface area contributed by atoms with E-state index >= 15 is 0 Å². The Kier molecular flexibility index (Phi) is 10.6. The average molecular weight is 532 g/mol. The van der Waals surface area contributed by atoms with E-state index in [4.69, 9.17) is 4.52 Å². The van der Waals surface area contributed by atoms with Crippen LogP contribution in [0.25, 0.3) is 0 Å². The molecule has 1 atom stereocenters. The van der Waals surface area contributed by atoms with Gasteiger partial charge in [0.05, 0.1) is 5.69 Å². The van der Waals surface area contributed by atoms with Crippen LogP contribution in [-0.2, 0) is 12.8 Å². The lowest BCUT2D eigenvalue weighted by atomic mass is 9.92. The first-order valence-corrected chi connectivity index (χ1v) is 10.6. The van der Waals surface area contributed by atoms with E-state index in [0.717, 1.165) is 49.8 Å². The highest BCUT2D eigenvalue weighted by atomic mass is 127. The zero-order chi connectivity index (χ0) is 21.2. The summed E-state index contributed by atoms with van der Waals surface area (Å²) in [6.45, 7) is 5.64. The Labute approximate surface area is 202 Å². The van der Waals surface area contributed by atoms with Crippen molar-refractivity contribution < 1.29 is 4.52 Å². The second-order valence-electron chi connectivity index (χ2n) is 7.58. The summed E-state index contributed by atoms with van der Waals surface area (Å²) in [6, 6.07) is 21.3. The van der Waals surface area contributed by atoms with Gasteiger partial charge in [-0.3, -0.25) is 4.99 Å². The van der Waals surface area contributed by atoms with Crippen LogP contribution in [0.4, 0.5) is 0 Å². The predicted octanol–water partition coefficient (Wildman–Crippen LogP) is 5.03. The Morgan fingerprint density at radius 2 is 1.68 bits per heavy atom. The fraction of sp³-hybridized carbons (Fsp3) is 0.360. The van der Waals surface area contributed by atoms with E-state index in [2.05, 4.69) is 81.4 Å². The summed E-state index contributed by atoms with van der Waals surface area (Å²) in [4.78, 5) is 4.39. The molecule has 2 N–H and O–H groups in total. The van der Waals surface area contributed by atoms with Crippen molar-refractivity contribution in [2.75, 3.05) is 20.1 Å². The summed E-state index contributed by atoms with van der Waals surface area (Å²) in [5, 5.41) is 11.0. The fourth-order valence-electron chi connectivity index (χ4n) is 3.70. The number of guanidine groups is 1. The monoisotopic (exact) mass is 532 g/mol. The first-order chi connectivity index (χ1) is 14.7. The number of hydrogen-bond donors (Lipinski definition) is 2. The molecule has 6 heteroatoms. The summed E-state index contributed by atoms with van der Waals surface area (Å²) in [5.41, 5.74) is 4.88. The maximum absolute atomic E-state index is 5.24. The van der Waals surface area contributed by atoms with Gasteiger partial charge < -0.3 is 15.2 Å². The largest absolute Gasteiger partial charge is 0.361 e. The SMILES string of the molecule is CN=C(NCCCc1c(C)noc1C)NCC(Cc1ccccc1)c1ccccc1.I. The van der Waals surface area contributed by atoms with E-state index in [1.165, 1.54) is 16.7 Å². The minimum Gasteiger partial charge on any atom is -0.361 e. The Morgan fingerprint density at radius 1 is 1.00 bits per heavy atom. The maximum Gasteiger partial charge on any atom is 0.190 e. The number of aliphatic imine (C=N–C) groups is 1. The van der Waals surface area contributed by atoms with Crippen molar-refractivity contribution in [3.05, 3.63) is 88.8 Å². The van der Waals surface area contributed by atoms with E-state index < -0.39 is 0 Å². The Bertz CT molecular complexity index is 906. The first kappa shape index (κ1) is 24.9. The standard InChI is InChI=1S/C25H32N4O.HI/c1-19-24(20(2)30-29-19)15-10-16-27-25(26-3)28-18-23(22-13-8-5-9-14-22)17-21-11-6-4-7-12-21;/h4-9,11-14,23H,10,15-18H2,1-3H3,(H2,26,27,28);1H. The molecule has 0 aliphatic heterocycles. The third-order valence-corrected chi connectivity index (χ3v) is 5.41. The Balaban J connectivity index is 0.00000341. The summed E-state index contributed by atoms with van der Waals surface area (Å²) >= 11 is 0. The molecule has 0 radical (unpaired) electrons. The van der Waals surface area contributed by atoms with Crippen LogP contribution in [0.15, 0.2) is 70.2 Å². The van der Waals surface area contributed by atoms with Crippen molar-refractivity contribution in [3.63, 3.8) is 0 Å². The smallest absolute Gasteiger partial charge is 0.190 e. The van der Waals surface area contributed by atoms with Crippen molar-refractivity contribution >= 4 is 29.9 Å². The number of nitrogens with zero attached hydrogens (tertiary/aromatic N) is 2. The van der Waals surface area contributed by atoms with Crippen LogP contribution in [0.3, 0.4) is 0 Å². The molecule has 0 saturated carbocycles. The van der Waals surface area contributed by atoms with Crippen LogP contribution < -0.4 is 10.6 Å². The molecule has 2 aromatic carbocycles. The number of aryl methyl sites for hydroxylation is 2. The summed E-state index contributed by atoms with van der Waals surface area (Å²) in [6.07, 6.45) is 2.93. The Hall–Kier alpha value is -2.35. The highest BCUT2D eigenvalue weighted by Crippen LogP contribution is 2.20. The molecular weight excluding hydrogens is 499 g/mol. The van der Waals surface area contributed by atoms with E-state index in [1.54, 1.807) is 0 Å². The van der Waals surface area contributed by atoms with Crippen molar-refractivity contribution in [3.8, 4) is 0 Å². The lowest BCUT2D eigenvalue weighted by molar-refractivity contribution is 0.392. The second kappa shape index (κ2) is 13.1. The molecule has 0 saturated heterocycles. The normalized spacial score (nSPS) is 12.2. The minimum atomic E-state index is 0. The molecule has 0 fully saturated rings. The van der Waals surface area contributed by atoms with Gasteiger partial charge in [0.15, 0.2) is 5.96 Å². The second-order valence-corrected chi connectivity index (χ2v) is 7.58. The fourth-order valence-corrected chi connectivity index (χ4v) is 3.70. The molecule has 166 valence electrons. The molecule has 0 amide bonds. The van der Waals surface area contributed by atoms with Gasteiger partial charge in [-0.2, -0.15) is 0 Å². The topological polar surface area (TPSA) is 62.5 Å². The minimum absolute atomic E-state index is 0. The molecule has 3 aromatic rings. The van der Waals surface area contributed by atoms with Gasteiger partial charge in [-0.1, -0.05) is 65.8 Å². The lowest BCUT2D eigenvalue weighted by Crippen LogP contribution is -2.40. The van der Waals surface area contributed by atoms with Crippen molar-refractivity contribution in [2.45, 2.75) is 39.0 Å². The molecule has 5 nitrogen and oxygen atoms in total. The van der Waals surface area contributed by atoms with Crippen LogP contribution in [0, 0.1) is 13.8 Å². The van der Waals surface area contributed by atoms with Crippen LogP contribution >= 0.6 is 24.0 Å². The summed E-state index contributed by atoms with van der Waals surface area (Å²) < 4.78 is 5.24. The van der Waals surface area contributed by atoms with Gasteiger partial charge in [-0.25, -0.2) is 0 Å². The summed E-state index contributed by atoms with van der Waals surface area (Å²) in [7, 11) is 1.82. The number of nitrogens with one attached hydrogen (secondary N) is 2. The third kappa shape index (κ3) is 7.69. The predicted molar refractivity (Wildman–Crippen MR) is 138 cm³/mol. The lowest BCUT2D eigenvalue weighted by Gasteiger charge is -2.20. The molecule has 0 spiro atoms. The van der Waals surface area contributed by atoms with Gasteiger partial charge in [0, 0.05) is 31.6 Å². The van der Waals surface area contributed by atoms with Crippen molar-refractivity contribution in [1.82, 2.24) is 15.8 Å². The van der Waals surface area contributed by atoms with Crippen LogP contribution in [-0.4, -0.2) is 31.3 Å². The van der Waals surface area contributed by atoms with Gasteiger partial charge in [-0.05, 0) is 44.2 Å². The number of aromatic nitrogens is 1. The first-order valence-electron chi connectivity index (χ1n) is 10.6. The van der Waals surface area contributed by atoms with Crippen LogP contribution in [0.1, 0.15) is 40.5 Å². The van der Waals surface area contributed by atoms with E-state index in [0.29, 0.717) is 5.92 Å².